The molecule has 2 saturated heterocycles. The maximum Gasteiger partial charge on any atom is 0.248 e. The van der Waals surface area contributed by atoms with Crippen molar-refractivity contribution in [3.8, 4) is 5.75 Å². The molecule has 2 amide bonds. The van der Waals surface area contributed by atoms with Crippen LogP contribution in [0.1, 0.15) is 45.4 Å². The van der Waals surface area contributed by atoms with Crippen LogP contribution in [0.2, 0.25) is 5.02 Å². The zero-order chi connectivity index (χ0) is 21.4. The number of hydrogen-bond acceptors (Lipinski definition) is 4. The van der Waals surface area contributed by atoms with Crippen LogP contribution < -0.4 is 4.74 Å². The lowest BCUT2D eigenvalue weighted by molar-refractivity contribution is -0.141. The second kappa shape index (κ2) is 11.0. The molecule has 3 rings (SSSR count). The summed E-state index contributed by atoms with van der Waals surface area (Å²) in [6.45, 7) is 5.92. The highest BCUT2D eigenvalue weighted by Gasteiger charge is 2.39. The Bertz CT molecular complexity index is 713. The predicted octanol–water partition coefficient (Wildman–Crippen LogP) is 3.77. The first-order chi connectivity index (χ1) is 14.5. The van der Waals surface area contributed by atoms with E-state index < -0.39 is 0 Å². The van der Waals surface area contributed by atoms with E-state index in [1.165, 1.54) is 6.42 Å². The van der Waals surface area contributed by atoms with Crippen LogP contribution in [-0.4, -0.2) is 67.6 Å². The molecular formula is C23H33ClN2O4. The molecule has 0 unspecified atom stereocenters. The maximum atomic E-state index is 13.0. The van der Waals surface area contributed by atoms with Crippen molar-refractivity contribution in [3.05, 3.63) is 29.3 Å². The number of piperidine rings is 2. The molecule has 0 spiro atoms. The molecule has 1 aromatic rings. The second-order valence-corrected chi connectivity index (χ2v) is 8.82. The van der Waals surface area contributed by atoms with Gasteiger partial charge in [-0.2, -0.15) is 0 Å². The highest BCUT2D eigenvalue weighted by Crippen LogP contribution is 2.37. The van der Waals surface area contributed by atoms with Crippen molar-refractivity contribution in [1.29, 1.82) is 0 Å². The SMILES string of the molecule is CCOCC(=O)N1CCC(COc2cccc(Cl)c2)(CC(=O)N2CCCCC2)CC1. The molecule has 166 valence electrons. The Morgan fingerprint density at radius 2 is 1.73 bits per heavy atom. The number of halogens is 1. The third-order valence-electron chi connectivity index (χ3n) is 6.18. The molecule has 0 saturated carbocycles. The van der Waals surface area contributed by atoms with Crippen LogP contribution in [0.3, 0.4) is 0 Å². The Labute approximate surface area is 184 Å². The van der Waals surface area contributed by atoms with Crippen LogP contribution in [0.4, 0.5) is 0 Å². The molecule has 0 radical (unpaired) electrons. The highest BCUT2D eigenvalue weighted by molar-refractivity contribution is 6.30. The number of ether oxygens (including phenoxy) is 2. The summed E-state index contributed by atoms with van der Waals surface area (Å²) < 4.78 is 11.4. The molecule has 2 aliphatic heterocycles. The summed E-state index contributed by atoms with van der Waals surface area (Å²) in [7, 11) is 0. The second-order valence-electron chi connectivity index (χ2n) is 8.38. The Morgan fingerprint density at radius 3 is 2.40 bits per heavy atom. The number of amides is 2. The van der Waals surface area contributed by atoms with Gasteiger partial charge in [-0.05, 0) is 57.2 Å². The Hall–Kier alpha value is -1.79. The van der Waals surface area contributed by atoms with E-state index in [1.807, 2.05) is 34.9 Å². The standard InChI is InChI=1S/C23H33ClN2O4/c1-2-29-17-22(28)26-13-9-23(10-14-26,16-21(27)25-11-4-3-5-12-25)18-30-20-8-6-7-19(24)15-20/h6-8,15H,2-5,9-14,16-18H2,1H3. The van der Waals surface area contributed by atoms with Gasteiger partial charge >= 0.3 is 0 Å². The van der Waals surface area contributed by atoms with E-state index in [9.17, 15) is 9.59 Å². The molecule has 2 aliphatic rings. The molecule has 0 aromatic heterocycles. The van der Waals surface area contributed by atoms with Crippen LogP contribution in [0.15, 0.2) is 24.3 Å². The molecule has 30 heavy (non-hydrogen) atoms. The summed E-state index contributed by atoms with van der Waals surface area (Å²) in [4.78, 5) is 29.2. The molecule has 6 nitrogen and oxygen atoms in total. The lowest BCUT2D eigenvalue weighted by atomic mass is 9.75. The van der Waals surface area contributed by atoms with E-state index in [-0.39, 0.29) is 23.8 Å². The van der Waals surface area contributed by atoms with Crippen molar-refractivity contribution in [1.82, 2.24) is 9.80 Å². The average molecular weight is 437 g/mol. The van der Waals surface area contributed by atoms with Crippen LogP contribution in [0.5, 0.6) is 5.75 Å². The third kappa shape index (κ3) is 6.35. The molecule has 0 N–H and O–H groups in total. The molecule has 7 heteroatoms. The van der Waals surface area contributed by atoms with Crippen LogP contribution in [0.25, 0.3) is 0 Å². The normalized spacial score (nSPS) is 18.9. The topological polar surface area (TPSA) is 59.1 Å². The lowest BCUT2D eigenvalue weighted by Crippen LogP contribution is -2.49. The maximum absolute atomic E-state index is 13.0. The number of nitrogens with zero attached hydrogens (tertiary/aromatic N) is 2. The molecule has 0 aliphatic carbocycles. The van der Waals surface area contributed by atoms with Gasteiger partial charge in [-0.3, -0.25) is 9.59 Å². The zero-order valence-electron chi connectivity index (χ0n) is 17.9. The van der Waals surface area contributed by atoms with Crippen LogP contribution in [-0.2, 0) is 14.3 Å². The van der Waals surface area contributed by atoms with E-state index in [0.717, 1.165) is 38.8 Å². The minimum atomic E-state index is -0.279. The highest BCUT2D eigenvalue weighted by atomic mass is 35.5. The Kier molecular flexibility index (Phi) is 8.40. The van der Waals surface area contributed by atoms with Crippen LogP contribution in [0, 0.1) is 5.41 Å². The quantitative estimate of drug-likeness (QED) is 0.622. The molecule has 0 bridgehead atoms. The zero-order valence-corrected chi connectivity index (χ0v) is 18.7. The molecule has 2 fully saturated rings. The van der Waals surface area contributed by atoms with E-state index in [2.05, 4.69) is 0 Å². The summed E-state index contributed by atoms with van der Waals surface area (Å²) in [5.41, 5.74) is -0.279. The van der Waals surface area contributed by atoms with Crippen molar-refractivity contribution in [2.24, 2.45) is 5.41 Å². The van der Waals surface area contributed by atoms with Crippen molar-refractivity contribution in [2.45, 2.75) is 45.4 Å². The molecule has 0 atom stereocenters. The fraction of sp³-hybridized carbons (Fsp3) is 0.652. The fourth-order valence-corrected chi connectivity index (χ4v) is 4.43. The van der Waals surface area contributed by atoms with Crippen molar-refractivity contribution in [2.75, 3.05) is 46.0 Å². The number of carbonyl (C=O) groups is 2. The van der Waals surface area contributed by atoms with Gasteiger partial charge < -0.3 is 19.3 Å². The first kappa shape index (κ1) is 22.9. The smallest absolute Gasteiger partial charge is 0.248 e. The van der Waals surface area contributed by atoms with Gasteiger partial charge in [0.2, 0.25) is 11.8 Å². The minimum Gasteiger partial charge on any atom is -0.493 e. The van der Waals surface area contributed by atoms with Gasteiger partial charge in [0, 0.05) is 49.6 Å². The van der Waals surface area contributed by atoms with E-state index in [4.69, 9.17) is 21.1 Å². The van der Waals surface area contributed by atoms with Gasteiger partial charge in [0.25, 0.3) is 0 Å². The van der Waals surface area contributed by atoms with Gasteiger partial charge in [-0.15, -0.1) is 0 Å². The average Bonchev–Trinajstić information content (AvgIpc) is 2.77. The lowest BCUT2D eigenvalue weighted by Gasteiger charge is -2.42. The van der Waals surface area contributed by atoms with Gasteiger partial charge in [-0.1, -0.05) is 17.7 Å². The monoisotopic (exact) mass is 436 g/mol. The number of benzene rings is 1. The predicted molar refractivity (Wildman–Crippen MR) is 117 cm³/mol. The number of hydrogen-bond donors (Lipinski definition) is 0. The first-order valence-electron chi connectivity index (χ1n) is 11.0. The van der Waals surface area contributed by atoms with Crippen molar-refractivity contribution >= 4 is 23.4 Å². The first-order valence-corrected chi connectivity index (χ1v) is 11.4. The van der Waals surface area contributed by atoms with Gasteiger partial charge in [-0.25, -0.2) is 0 Å². The summed E-state index contributed by atoms with van der Waals surface area (Å²) in [5.74, 6) is 0.934. The summed E-state index contributed by atoms with van der Waals surface area (Å²) in [6.07, 6.45) is 5.30. The van der Waals surface area contributed by atoms with Crippen molar-refractivity contribution < 1.29 is 19.1 Å². The largest absolute Gasteiger partial charge is 0.493 e. The van der Waals surface area contributed by atoms with Gasteiger partial charge in [0.05, 0.1) is 6.61 Å². The van der Waals surface area contributed by atoms with E-state index in [0.29, 0.717) is 43.5 Å². The minimum absolute atomic E-state index is 0.0172. The van der Waals surface area contributed by atoms with E-state index in [1.54, 1.807) is 6.07 Å². The molecular weight excluding hydrogens is 404 g/mol. The number of likely N-dealkylation sites (tertiary alicyclic amines) is 2. The summed E-state index contributed by atoms with van der Waals surface area (Å²) in [6, 6.07) is 7.35. The fourth-order valence-electron chi connectivity index (χ4n) is 4.25. The van der Waals surface area contributed by atoms with Gasteiger partial charge in [0.1, 0.15) is 12.4 Å². The number of rotatable bonds is 8. The number of carbonyl (C=O) groups excluding carboxylic acids is 2. The molecule has 2 heterocycles. The summed E-state index contributed by atoms with van der Waals surface area (Å²) >= 11 is 6.09. The van der Waals surface area contributed by atoms with Crippen molar-refractivity contribution in [3.63, 3.8) is 0 Å². The summed E-state index contributed by atoms with van der Waals surface area (Å²) in [5, 5.41) is 0.627. The van der Waals surface area contributed by atoms with E-state index >= 15 is 0 Å². The third-order valence-corrected chi connectivity index (χ3v) is 6.42. The Balaban J connectivity index is 1.65. The Morgan fingerprint density at radius 1 is 1.03 bits per heavy atom. The molecule has 1 aromatic carbocycles. The van der Waals surface area contributed by atoms with Crippen LogP contribution >= 0.6 is 11.6 Å². The van der Waals surface area contributed by atoms with Gasteiger partial charge in [0.15, 0.2) is 0 Å².